The number of sulfone groups is 1. The highest BCUT2D eigenvalue weighted by atomic mass is 32.2. The summed E-state index contributed by atoms with van der Waals surface area (Å²) in [6.07, 6.45) is 1.49. The molecule has 0 bridgehead atoms. The molecule has 0 aromatic heterocycles. The lowest BCUT2D eigenvalue weighted by Crippen LogP contribution is -2.36. The normalized spacial score (nSPS) is 30.1. The Morgan fingerprint density at radius 1 is 1.12 bits per heavy atom. The van der Waals surface area contributed by atoms with Crippen LogP contribution < -0.4 is 0 Å². The van der Waals surface area contributed by atoms with Crippen molar-refractivity contribution in [2.75, 3.05) is 0 Å². The topological polar surface area (TPSA) is 43.4 Å². The zero-order chi connectivity index (χ0) is 12.5. The first kappa shape index (κ1) is 12.6. The van der Waals surface area contributed by atoms with Gasteiger partial charge in [-0.1, -0.05) is 25.1 Å². The molecule has 1 aliphatic rings. The van der Waals surface area contributed by atoms with Gasteiger partial charge in [-0.2, -0.15) is 0 Å². The zero-order valence-corrected chi connectivity index (χ0v) is 11.0. The van der Waals surface area contributed by atoms with Crippen molar-refractivity contribution in [1.82, 2.24) is 0 Å². The number of benzene rings is 1. The van der Waals surface area contributed by atoms with Crippen LogP contribution >= 0.6 is 0 Å². The van der Waals surface area contributed by atoms with Gasteiger partial charge in [-0.15, -0.1) is 0 Å². The number of hydrogen-bond donors (Lipinski definition) is 0. The smallest absolute Gasteiger partial charge is 0.205 e. The summed E-state index contributed by atoms with van der Waals surface area (Å²) in [4.78, 5) is 0.353. The fourth-order valence-electron chi connectivity index (χ4n) is 2.07. The van der Waals surface area contributed by atoms with Gasteiger partial charge in [0.2, 0.25) is 9.84 Å². The second kappa shape index (κ2) is 4.78. The Bertz CT molecular complexity index is 467. The van der Waals surface area contributed by atoms with Crippen LogP contribution in [0.3, 0.4) is 0 Å². The van der Waals surface area contributed by atoms with Gasteiger partial charge in [-0.3, -0.25) is 0 Å². The van der Waals surface area contributed by atoms with E-state index in [2.05, 4.69) is 6.92 Å². The van der Waals surface area contributed by atoms with Crippen molar-refractivity contribution in [3.8, 4) is 0 Å². The monoisotopic (exact) mass is 254 g/mol. The SMILES string of the molecule is C[C@H]1CCC(S(=O)(=O)c2ccccc2)O[C@@H]1C. The Hall–Kier alpha value is -0.870. The van der Waals surface area contributed by atoms with Crippen LogP contribution in [0, 0.1) is 5.92 Å². The highest BCUT2D eigenvalue weighted by Crippen LogP contribution is 2.30. The molecule has 1 aromatic carbocycles. The Morgan fingerprint density at radius 2 is 1.76 bits per heavy atom. The summed E-state index contributed by atoms with van der Waals surface area (Å²) in [5.41, 5.74) is -0.684. The Labute approximate surface area is 103 Å². The quantitative estimate of drug-likeness (QED) is 0.815. The molecule has 17 heavy (non-hydrogen) atoms. The summed E-state index contributed by atoms with van der Waals surface area (Å²) in [6, 6.07) is 8.54. The van der Waals surface area contributed by atoms with Crippen LogP contribution in [-0.2, 0) is 14.6 Å². The fourth-order valence-corrected chi connectivity index (χ4v) is 3.67. The highest BCUT2D eigenvalue weighted by Gasteiger charge is 2.34. The summed E-state index contributed by atoms with van der Waals surface area (Å²) in [7, 11) is -3.34. The summed E-state index contributed by atoms with van der Waals surface area (Å²) < 4.78 is 30.3. The van der Waals surface area contributed by atoms with Gasteiger partial charge in [0, 0.05) is 0 Å². The van der Waals surface area contributed by atoms with Crippen LogP contribution in [0.5, 0.6) is 0 Å². The maximum Gasteiger partial charge on any atom is 0.205 e. The van der Waals surface area contributed by atoms with Crippen molar-refractivity contribution >= 4 is 9.84 Å². The number of ether oxygens (including phenoxy) is 1. The van der Waals surface area contributed by atoms with Crippen LogP contribution in [-0.4, -0.2) is 20.0 Å². The molecule has 1 saturated heterocycles. The molecular formula is C13H18O3S. The standard InChI is InChI=1S/C13H18O3S/c1-10-8-9-13(16-11(10)2)17(14,15)12-6-4-3-5-7-12/h3-7,10-11,13H,8-9H2,1-2H3/t10-,11+,13?/m0/s1. The first-order valence-electron chi connectivity index (χ1n) is 5.96. The van der Waals surface area contributed by atoms with E-state index in [-0.39, 0.29) is 6.10 Å². The van der Waals surface area contributed by atoms with Crippen LogP contribution in [0.1, 0.15) is 26.7 Å². The molecule has 4 heteroatoms. The lowest BCUT2D eigenvalue weighted by Gasteiger charge is -2.32. The zero-order valence-electron chi connectivity index (χ0n) is 10.2. The van der Waals surface area contributed by atoms with Gasteiger partial charge >= 0.3 is 0 Å². The molecular weight excluding hydrogens is 236 g/mol. The minimum atomic E-state index is -3.34. The van der Waals surface area contributed by atoms with E-state index in [4.69, 9.17) is 4.74 Å². The van der Waals surface area contributed by atoms with Crippen LogP contribution in [0.25, 0.3) is 0 Å². The van der Waals surface area contributed by atoms with Gasteiger partial charge in [0.25, 0.3) is 0 Å². The second-order valence-corrected chi connectivity index (χ2v) is 6.77. The summed E-state index contributed by atoms with van der Waals surface area (Å²) in [5.74, 6) is 0.428. The maximum atomic E-state index is 12.3. The van der Waals surface area contributed by atoms with Gasteiger partial charge in [0.1, 0.15) is 0 Å². The third-order valence-corrected chi connectivity index (χ3v) is 5.41. The average Bonchev–Trinajstić information content (AvgIpc) is 2.33. The lowest BCUT2D eigenvalue weighted by molar-refractivity contribution is -0.0306. The van der Waals surface area contributed by atoms with Crippen LogP contribution in [0.4, 0.5) is 0 Å². The molecule has 0 saturated carbocycles. The van der Waals surface area contributed by atoms with E-state index in [0.717, 1.165) is 6.42 Å². The molecule has 1 aliphatic heterocycles. The predicted octanol–water partition coefficient (Wildman–Crippen LogP) is 2.62. The molecule has 3 nitrogen and oxygen atoms in total. The van der Waals surface area contributed by atoms with E-state index < -0.39 is 15.3 Å². The molecule has 0 spiro atoms. The van der Waals surface area contributed by atoms with E-state index in [1.807, 2.05) is 13.0 Å². The first-order chi connectivity index (χ1) is 8.01. The van der Waals surface area contributed by atoms with Crippen molar-refractivity contribution in [2.45, 2.75) is 43.1 Å². The molecule has 0 N–H and O–H groups in total. The minimum Gasteiger partial charge on any atom is -0.359 e. The highest BCUT2D eigenvalue weighted by molar-refractivity contribution is 7.91. The second-order valence-electron chi connectivity index (χ2n) is 4.68. The van der Waals surface area contributed by atoms with Gasteiger partial charge in [0.05, 0.1) is 11.0 Å². The number of rotatable bonds is 2. The third-order valence-electron chi connectivity index (χ3n) is 3.44. The summed E-state index contributed by atoms with van der Waals surface area (Å²) in [6.45, 7) is 4.04. The molecule has 2 rings (SSSR count). The fraction of sp³-hybridized carbons (Fsp3) is 0.538. The van der Waals surface area contributed by atoms with Crippen LogP contribution in [0.2, 0.25) is 0 Å². The van der Waals surface area contributed by atoms with Gasteiger partial charge in [-0.25, -0.2) is 8.42 Å². The Kier molecular flexibility index (Phi) is 3.54. The van der Waals surface area contributed by atoms with E-state index in [1.54, 1.807) is 24.3 Å². The van der Waals surface area contributed by atoms with Gasteiger partial charge in [0.15, 0.2) is 5.44 Å². The van der Waals surface area contributed by atoms with Crippen LogP contribution in [0.15, 0.2) is 35.2 Å². The maximum absolute atomic E-state index is 12.3. The Balaban J connectivity index is 2.23. The van der Waals surface area contributed by atoms with Crippen molar-refractivity contribution in [1.29, 1.82) is 0 Å². The number of hydrogen-bond acceptors (Lipinski definition) is 3. The van der Waals surface area contributed by atoms with Gasteiger partial charge in [-0.05, 0) is 37.8 Å². The molecule has 0 radical (unpaired) electrons. The van der Waals surface area contributed by atoms with E-state index >= 15 is 0 Å². The molecule has 1 unspecified atom stereocenters. The average molecular weight is 254 g/mol. The molecule has 0 aliphatic carbocycles. The predicted molar refractivity (Wildman–Crippen MR) is 66.4 cm³/mol. The third kappa shape index (κ3) is 2.53. The van der Waals surface area contributed by atoms with E-state index in [0.29, 0.717) is 17.2 Å². The van der Waals surface area contributed by atoms with Gasteiger partial charge < -0.3 is 4.74 Å². The largest absolute Gasteiger partial charge is 0.359 e. The lowest BCUT2D eigenvalue weighted by atomic mass is 9.98. The first-order valence-corrected chi connectivity index (χ1v) is 7.51. The van der Waals surface area contributed by atoms with Crippen molar-refractivity contribution in [3.63, 3.8) is 0 Å². The molecule has 1 fully saturated rings. The summed E-state index contributed by atoms with van der Waals surface area (Å²) >= 11 is 0. The minimum absolute atomic E-state index is 0.00670. The van der Waals surface area contributed by atoms with Crippen molar-refractivity contribution < 1.29 is 13.2 Å². The van der Waals surface area contributed by atoms with Crippen molar-refractivity contribution in [2.24, 2.45) is 5.92 Å². The Morgan fingerprint density at radius 3 is 2.35 bits per heavy atom. The van der Waals surface area contributed by atoms with E-state index in [9.17, 15) is 8.42 Å². The molecule has 3 atom stereocenters. The molecule has 94 valence electrons. The summed E-state index contributed by atoms with van der Waals surface area (Å²) in [5, 5.41) is 0. The van der Waals surface area contributed by atoms with E-state index in [1.165, 1.54) is 0 Å². The molecule has 1 aromatic rings. The molecule has 1 heterocycles. The molecule has 0 amide bonds. The van der Waals surface area contributed by atoms with Crippen molar-refractivity contribution in [3.05, 3.63) is 30.3 Å².